The summed E-state index contributed by atoms with van der Waals surface area (Å²) in [6.45, 7) is 5.40. The molecule has 1 aliphatic heterocycles. The van der Waals surface area contributed by atoms with Gasteiger partial charge in [-0.25, -0.2) is 12.7 Å². The van der Waals surface area contributed by atoms with Gasteiger partial charge in [0.1, 0.15) is 0 Å². The summed E-state index contributed by atoms with van der Waals surface area (Å²) >= 11 is 1.83. The van der Waals surface area contributed by atoms with E-state index in [1.54, 1.807) is 4.31 Å². The third-order valence-electron chi connectivity index (χ3n) is 2.78. The first kappa shape index (κ1) is 15.3. The lowest BCUT2D eigenvalue weighted by Gasteiger charge is -2.31. The summed E-state index contributed by atoms with van der Waals surface area (Å²) in [6, 6.07) is 0. The van der Waals surface area contributed by atoms with Crippen molar-refractivity contribution in [1.29, 1.82) is 0 Å². The van der Waals surface area contributed by atoms with Crippen molar-refractivity contribution in [2.75, 3.05) is 30.9 Å². The Morgan fingerprint density at radius 3 is 2.65 bits per heavy atom. The minimum Gasteiger partial charge on any atom is -0.325 e. The highest BCUT2D eigenvalue weighted by atomic mass is 32.2. The Balaban J connectivity index is 2.36. The smallest absolute Gasteiger partial charge is 0.211 e. The Morgan fingerprint density at radius 1 is 1.47 bits per heavy atom. The number of nitrogens with zero attached hydrogens (tertiary/aromatic N) is 1. The number of sulfonamides is 1. The van der Waals surface area contributed by atoms with Gasteiger partial charge in [0.2, 0.25) is 10.0 Å². The average Bonchev–Trinajstić information content (AvgIpc) is 2.15. The van der Waals surface area contributed by atoms with Crippen LogP contribution in [0, 0.1) is 5.92 Å². The molecule has 1 atom stereocenters. The van der Waals surface area contributed by atoms with E-state index in [0.29, 0.717) is 19.0 Å². The molecular weight excluding hydrogens is 256 g/mol. The minimum absolute atomic E-state index is 0.143. The summed E-state index contributed by atoms with van der Waals surface area (Å²) < 4.78 is 24.5. The molecule has 4 nitrogen and oxygen atoms in total. The van der Waals surface area contributed by atoms with Gasteiger partial charge in [0.15, 0.2) is 0 Å². The molecule has 17 heavy (non-hydrogen) atoms. The number of nitrogens with two attached hydrogens (primary N) is 1. The van der Waals surface area contributed by atoms with E-state index in [0.717, 1.165) is 24.3 Å². The Kier molecular flexibility index (Phi) is 5.31. The van der Waals surface area contributed by atoms with Crippen molar-refractivity contribution in [1.82, 2.24) is 4.31 Å². The van der Waals surface area contributed by atoms with E-state index in [4.69, 9.17) is 5.73 Å². The van der Waals surface area contributed by atoms with Crippen LogP contribution >= 0.6 is 11.8 Å². The van der Waals surface area contributed by atoms with Crippen LogP contribution in [-0.2, 0) is 10.0 Å². The second-order valence-electron chi connectivity index (χ2n) is 5.63. The maximum atomic E-state index is 11.5. The van der Waals surface area contributed by atoms with Gasteiger partial charge in [-0.1, -0.05) is 0 Å². The van der Waals surface area contributed by atoms with Crippen LogP contribution in [0.4, 0.5) is 0 Å². The average molecular weight is 280 g/mol. The number of piperidine rings is 1. The third kappa shape index (κ3) is 6.08. The summed E-state index contributed by atoms with van der Waals surface area (Å²) in [6.07, 6.45) is 3.40. The standard InChI is InChI=1S/C11H24N2O2S2/c1-11(2,12)9-16-8-10-5-4-6-13(7-10)17(3,14)15/h10H,4-9,12H2,1-3H3. The molecule has 1 saturated heterocycles. The molecule has 0 aliphatic carbocycles. The molecule has 6 heteroatoms. The van der Waals surface area contributed by atoms with Crippen molar-refractivity contribution < 1.29 is 8.42 Å². The van der Waals surface area contributed by atoms with E-state index in [9.17, 15) is 8.42 Å². The molecule has 0 radical (unpaired) electrons. The predicted molar refractivity (Wildman–Crippen MR) is 74.7 cm³/mol. The molecule has 1 rings (SSSR count). The van der Waals surface area contributed by atoms with Gasteiger partial charge in [0.25, 0.3) is 0 Å². The molecule has 1 fully saturated rings. The van der Waals surface area contributed by atoms with Crippen LogP contribution in [0.15, 0.2) is 0 Å². The SMILES string of the molecule is CC(C)(N)CSCC1CCCN(S(C)(=O)=O)C1. The molecular formula is C11H24N2O2S2. The lowest BCUT2D eigenvalue weighted by molar-refractivity contribution is 0.286. The molecule has 0 saturated carbocycles. The van der Waals surface area contributed by atoms with Crippen molar-refractivity contribution in [2.24, 2.45) is 11.7 Å². The second-order valence-corrected chi connectivity index (χ2v) is 8.65. The fourth-order valence-electron chi connectivity index (χ4n) is 1.95. The molecule has 102 valence electrons. The fourth-order valence-corrected chi connectivity index (χ4v) is 4.14. The lowest BCUT2D eigenvalue weighted by atomic mass is 10.0. The van der Waals surface area contributed by atoms with E-state index < -0.39 is 10.0 Å². The molecule has 0 aromatic heterocycles. The zero-order valence-electron chi connectivity index (χ0n) is 11.0. The number of thioether (sulfide) groups is 1. The van der Waals surface area contributed by atoms with E-state index in [1.165, 1.54) is 6.26 Å². The van der Waals surface area contributed by atoms with Crippen LogP contribution in [0.5, 0.6) is 0 Å². The zero-order valence-corrected chi connectivity index (χ0v) is 12.6. The van der Waals surface area contributed by atoms with Crippen molar-refractivity contribution in [3.8, 4) is 0 Å². The summed E-state index contributed by atoms with van der Waals surface area (Å²) in [4.78, 5) is 0. The molecule has 1 heterocycles. The summed E-state index contributed by atoms with van der Waals surface area (Å²) in [5.74, 6) is 2.40. The van der Waals surface area contributed by atoms with Crippen LogP contribution in [0.25, 0.3) is 0 Å². The van der Waals surface area contributed by atoms with Gasteiger partial charge in [-0.2, -0.15) is 11.8 Å². The first-order valence-electron chi connectivity index (χ1n) is 6.00. The maximum absolute atomic E-state index is 11.5. The van der Waals surface area contributed by atoms with Gasteiger partial charge in [-0.15, -0.1) is 0 Å². The molecule has 0 aromatic rings. The van der Waals surface area contributed by atoms with Gasteiger partial charge in [-0.05, 0) is 38.4 Å². The van der Waals surface area contributed by atoms with E-state index in [-0.39, 0.29) is 5.54 Å². The largest absolute Gasteiger partial charge is 0.325 e. The Labute approximate surface area is 109 Å². The second kappa shape index (κ2) is 5.91. The highest BCUT2D eigenvalue weighted by Crippen LogP contribution is 2.23. The van der Waals surface area contributed by atoms with Crippen molar-refractivity contribution in [2.45, 2.75) is 32.2 Å². The van der Waals surface area contributed by atoms with Crippen LogP contribution in [0.3, 0.4) is 0 Å². The molecule has 0 amide bonds. The van der Waals surface area contributed by atoms with E-state index >= 15 is 0 Å². The zero-order chi connectivity index (χ0) is 13.1. The summed E-state index contributed by atoms with van der Waals surface area (Å²) in [7, 11) is -3.01. The van der Waals surface area contributed by atoms with Crippen LogP contribution in [-0.4, -0.2) is 49.1 Å². The van der Waals surface area contributed by atoms with Gasteiger partial charge >= 0.3 is 0 Å². The Bertz CT molecular complexity index is 336. The quantitative estimate of drug-likeness (QED) is 0.820. The van der Waals surface area contributed by atoms with Gasteiger partial charge in [0, 0.05) is 24.4 Å². The highest BCUT2D eigenvalue weighted by molar-refractivity contribution is 7.99. The first-order valence-corrected chi connectivity index (χ1v) is 9.00. The van der Waals surface area contributed by atoms with Gasteiger partial charge in [-0.3, -0.25) is 0 Å². The Morgan fingerprint density at radius 2 is 2.12 bits per heavy atom. The monoisotopic (exact) mass is 280 g/mol. The van der Waals surface area contributed by atoms with E-state index in [2.05, 4.69) is 0 Å². The van der Waals surface area contributed by atoms with Crippen LogP contribution in [0.1, 0.15) is 26.7 Å². The van der Waals surface area contributed by atoms with Gasteiger partial charge in [0.05, 0.1) is 6.26 Å². The molecule has 2 N–H and O–H groups in total. The number of hydrogen-bond acceptors (Lipinski definition) is 4. The molecule has 0 aromatic carbocycles. The topological polar surface area (TPSA) is 63.4 Å². The van der Waals surface area contributed by atoms with Crippen molar-refractivity contribution >= 4 is 21.8 Å². The first-order chi connectivity index (χ1) is 7.68. The van der Waals surface area contributed by atoms with Crippen molar-refractivity contribution in [3.05, 3.63) is 0 Å². The van der Waals surface area contributed by atoms with E-state index in [1.807, 2.05) is 25.6 Å². The highest BCUT2D eigenvalue weighted by Gasteiger charge is 2.26. The molecule has 0 bridgehead atoms. The molecule has 1 aliphatic rings. The third-order valence-corrected chi connectivity index (χ3v) is 5.70. The predicted octanol–water partition coefficient (Wildman–Crippen LogP) is 1.13. The minimum atomic E-state index is -3.01. The van der Waals surface area contributed by atoms with Crippen molar-refractivity contribution in [3.63, 3.8) is 0 Å². The van der Waals surface area contributed by atoms with Crippen LogP contribution < -0.4 is 5.73 Å². The maximum Gasteiger partial charge on any atom is 0.211 e. The Hall–Kier alpha value is 0.220. The summed E-state index contributed by atoms with van der Waals surface area (Å²) in [5, 5.41) is 0. The normalized spacial score (nSPS) is 23.9. The number of hydrogen-bond donors (Lipinski definition) is 1. The summed E-state index contributed by atoms with van der Waals surface area (Å²) in [5.41, 5.74) is 5.78. The number of rotatable bonds is 5. The molecule has 0 spiro atoms. The lowest BCUT2D eigenvalue weighted by Crippen LogP contribution is -2.40. The van der Waals surface area contributed by atoms with Crippen LogP contribution in [0.2, 0.25) is 0 Å². The fraction of sp³-hybridized carbons (Fsp3) is 1.00. The van der Waals surface area contributed by atoms with Gasteiger partial charge < -0.3 is 5.73 Å². The molecule has 1 unspecified atom stereocenters.